The lowest BCUT2D eigenvalue weighted by molar-refractivity contribution is 0.0992. The standard InChI is InChI=1S/C14H20BrN3OS.HI/c1-2-16-14(17-7-9-5-13(15)20-8-9)18-11-6-10-3-4-12(11)19-10;/h5,8,10-12H,2-4,6-7H2,1H3,(H2,16,17,18);1H. The molecule has 1 aromatic heterocycles. The molecule has 0 spiro atoms. The van der Waals surface area contributed by atoms with Crippen LogP contribution in [0.25, 0.3) is 0 Å². The highest BCUT2D eigenvalue weighted by atomic mass is 127. The number of halogens is 2. The Kier molecular flexibility index (Phi) is 6.77. The van der Waals surface area contributed by atoms with E-state index in [1.54, 1.807) is 11.3 Å². The van der Waals surface area contributed by atoms with Crippen LogP contribution in [0.3, 0.4) is 0 Å². The number of aliphatic imine (C=N–C) groups is 1. The summed E-state index contributed by atoms with van der Waals surface area (Å²) in [6.07, 6.45) is 4.35. The lowest BCUT2D eigenvalue weighted by Gasteiger charge is -2.22. The van der Waals surface area contributed by atoms with Gasteiger partial charge in [0.2, 0.25) is 0 Å². The van der Waals surface area contributed by atoms with Crippen LogP contribution in [0.4, 0.5) is 0 Å². The Hall–Kier alpha value is 0.140. The van der Waals surface area contributed by atoms with Crippen LogP contribution in [0.2, 0.25) is 0 Å². The van der Waals surface area contributed by atoms with Crippen molar-refractivity contribution in [2.45, 2.75) is 51.0 Å². The predicted octanol–water partition coefficient (Wildman–Crippen LogP) is 3.50. The molecule has 0 saturated carbocycles. The number of nitrogens with one attached hydrogen (secondary N) is 2. The van der Waals surface area contributed by atoms with Crippen LogP contribution in [0.15, 0.2) is 20.2 Å². The maximum absolute atomic E-state index is 5.88. The van der Waals surface area contributed by atoms with Crippen molar-refractivity contribution in [2.24, 2.45) is 4.99 Å². The van der Waals surface area contributed by atoms with Crippen LogP contribution in [0, 0.1) is 0 Å². The molecule has 3 unspecified atom stereocenters. The number of hydrogen-bond donors (Lipinski definition) is 2. The largest absolute Gasteiger partial charge is 0.373 e. The van der Waals surface area contributed by atoms with E-state index in [-0.39, 0.29) is 24.0 Å². The first-order chi connectivity index (χ1) is 9.74. The molecule has 3 rings (SSSR count). The summed E-state index contributed by atoms with van der Waals surface area (Å²) >= 11 is 5.18. The van der Waals surface area contributed by atoms with Crippen molar-refractivity contribution in [1.82, 2.24) is 10.6 Å². The number of nitrogens with zero attached hydrogens (tertiary/aromatic N) is 1. The fourth-order valence-electron chi connectivity index (χ4n) is 2.88. The number of hydrogen-bond acceptors (Lipinski definition) is 3. The lowest BCUT2D eigenvalue weighted by Crippen LogP contribution is -2.47. The average molecular weight is 486 g/mol. The van der Waals surface area contributed by atoms with E-state index in [4.69, 9.17) is 4.74 Å². The molecule has 21 heavy (non-hydrogen) atoms. The van der Waals surface area contributed by atoms with E-state index in [0.29, 0.717) is 24.8 Å². The quantitative estimate of drug-likeness (QED) is 0.389. The normalized spacial score (nSPS) is 27.5. The molecule has 2 saturated heterocycles. The number of fused-ring (bicyclic) bond motifs is 2. The molecule has 118 valence electrons. The Morgan fingerprint density at radius 1 is 1.52 bits per heavy atom. The second kappa shape index (κ2) is 8.12. The molecule has 0 aromatic carbocycles. The van der Waals surface area contributed by atoms with Gasteiger partial charge in [-0.1, -0.05) is 0 Å². The van der Waals surface area contributed by atoms with Crippen molar-refractivity contribution in [3.8, 4) is 0 Å². The van der Waals surface area contributed by atoms with Crippen molar-refractivity contribution >= 4 is 57.2 Å². The molecule has 3 atom stereocenters. The summed E-state index contributed by atoms with van der Waals surface area (Å²) in [5.74, 6) is 0.899. The van der Waals surface area contributed by atoms with Gasteiger partial charge in [-0.2, -0.15) is 0 Å². The van der Waals surface area contributed by atoms with E-state index < -0.39 is 0 Å². The first kappa shape index (κ1) is 17.5. The number of rotatable bonds is 4. The molecule has 0 amide bonds. The number of ether oxygens (including phenoxy) is 1. The van der Waals surface area contributed by atoms with Gasteiger partial charge in [-0.05, 0) is 59.1 Å². The van der Waals surface area contributed by atoms with E-state index in [1.165, 1.54) is 18.4 Å². The van der Waals surface area contributed by atoms with Gasteiger partial charge in [-0.15, -0.1) is 35.3 Å². The number of thiophene rings is 1. The molecule has 0 radical (unpaired) electrons. The van der Waals surface area contributed by atoms with Gasteiger partial charge in [0.1, 0.15) is 0 Å². The minimum absolute atomic E-state index is 0. The molecule has 4 nitrogen and oxygen atoms in total. The third-order valence-corrected chi connectivity index (χ3v) is 5.37. The van der Waals surface area contributed by atoms with Crippen LogP contribution < -0.4 is 10.6 Å². The van der Waals surface area contributed by atoms with Gasteiger partial charge in [0.25, 0.3) is 0 Å². The van der Waals surface area contributed by atoms with Crippen LogP contribution in [-0.2, 0) is 11.3 Å². The van der Waals surface area contributed by atoms with E-state index in [1.807, 2.05) is 0 Å². The second-order valence-corrected chi connectivity index (χ2v) is 7.61. The van der Waals surface area contributed by atoms with Gasteiger partial charge in [0, 0.05) is 6.54 Å². The summed E-state index contributed by atoms with van der Waals surface area (Å²) in [5, 5.41) is 8.99. The van der Waals surface area contributed by atoms with E-state index >= 15 is 0 Å². The summed E-state index contributed by atoms with van der Waals surface area (Å²) in [7, 11) is 0. The molecule has 2 aliphatic heterocycles. The zero-order valence-electron chi connectivity index (χ0n) is 12.0. The Balaban J connectivity index is 0.00000161. The summed E-state index contributed by atoms with van der Waals surface area (Å²) in [6, 6.07) is 2.54. The Bertz CT molecular complexity index is 496. The maximum Gasteiger partial charge on any atom is 0.191 e. The van der Waals surface area contributed by atoms with Crippen molar-refractivity contribution in [2.75, 3.05) is 6.54 Å². The van der Waals surface area contributed by atoms with Gasteiger partial charge >= 0.3 is 0 Å². The van der Waals surface area contributed by atoms with E-state index in [0.717, 1.165) is 22.7 Å². The summed E-state index contributed by atoms with van der Waals surface area (Å²) in [5.41, 5.74) is 1.24. The molecular formula is C14H21BrIN3OS. The summed E-state index contributed by atoms with van der Waals surface area (Å²) in [6.45, 7) is 3.68. The summed E-state index contributed by atoms with van der Waals surface area (Å²) < 4.78 is 7.03. The van der Waals surface area contributed by atoms with Gasteiger partial charge in [-0.3, -0.25) is 0 Å². The van der Waals surface area contributed by atoms with Crippen molar-refractivity contribution in [3.05, 3.63) is 20.8 Å². The smallest absolute Gasteiger partial charge is 0.191 e. The minimum Gasteiger partial charge on any atom is -0.373 e. The molecule has 0 aliphatic carbocycles. The highest BCUT2D eigenvalue weighted by Gasteiger charge is 2.41. The van der Waals surface area contributed by atoms with Gasteiger partial charge in [-0.25, -0.2) is 4.99 Å². The van der Waals surface area contributed by atoms with Crippen molar-refractivity contribution < 1.29 is 4.74 Å². The van der Waals surface area contributed by atoms with Gasteiger partial charge in [0.15, 0.2) is 5.96 Å². The SMILES string of the molecule is CCNC(=NCc1csc(Br)c1)NC1CC2CCC1O2.I. The van der Waals surface area contributed by atoms with Crippen molar-refractivity contribution in [1.29, 1.82) is 0 Å². The summed E-state index contributed by atoms with van der Waals surface area (Å²) in [4.78, 5) is 4.67. The molecule has 2 aliphatic rings. The number of guanidine groups is 1. The van der Waals surface area contributed by atoms with Gasteiger partial charge < -0.3 is 15.4 Å². The second-order valence-electron chi connectivity index (χ2n) is 5.31. The molecular weight excluding hydrogens is 465 g/mol. The third-order valence-electron chi connectivity index (χ3n) is 3.81. The maximum atomic E-state index is 5.88. The Morgan fingerprint density at radius 2 is 2.38 bits per heavy atom. The zero-order valence-corrected chi connectivity index (χ0v) is 16.7. The molecule has 2 N–H and O–H groups in total. The van der Waals surface area contributed by atoms with Crippen LogP contribution in [-0.4, -0.2) is 30.8 Å². The molecule has 1 aromatic rings. The molecule has 2 bridgehead atoms. The zero-order chi connectivity index (χ0) is 13.9. The predicted molar refractivity (Wildman–Crippen MR) is 102 cm³/mol. The molecule has 2 fully saturated rings. The van der Waals surface area contributed by atoms with E-state index in [2.05, 4.69) is 49.9 Å². The van der Waals surface area contributed by atoms with Crippen LogP contribution in [0.5, 0.6) is 0 Å². The fourth-order valence-corrected chi connectivity index (χ4v) is 4.08. The van der Waals surface area contributed by atoms with Crippen LogP contribution in [0.1, 0.15) is 31.7 Å². The highest BCUT2D eigenvalue weighted by molar-refractivity contribution is 14.0. The topological polar surface area (TPSA) is 45.7 Å². The first-order valence-electron chi connectivity index (χ1n) is 7.18. The van der Waals surface area contributed by atoms with Crippen molar-refractivity contribution in [3.63, 3.8) is 0 Å². The van der Waals surface area contributed by atoms with Gasteiger partial charge in [0.05, 0.1) is 28.6 Å². The molecule has 7 heteroatoms. The fraction of sp³-hybridized carbons (Fsp3) is 0.643. The first-order valence-corrected chi connectivity index (χ1v) is 8.85. The van der Waals surface area contributed by atoms with E-state index in [9.17, 15) is 0 Å². The Labute approximate surface area is 155 Å². The minimum atomic E-state index is 0. The average Bonchev–Trinajstić information content (AvgIpc) is 3.13. The third kappa shape index (κ3) is 4.56. The van der Waals surface area contributed by atoms with Crippen LogP contribution >= 0.6 is 51.2 Å². The lowest BCUT2D eigenvalue weighted by atomic mass is 9.96. The Morgan fingerprint density at radius 3 is 2.95 bits per heavy atom. The monoisotopic (exact) mass is 485 g/mol. The highest BCUT2D eigenvalue weighted by Crippen LogP contribution is 2.34. The molecule has 3 heterocycles.